The summed E-state index contributed by atoms with van der Waals surface area (Å²) in [5, 5.41) is 4.70. The summed E-state index contributed by atoms with van der Waals surface area (Å²) in [5.41, 5.74) is 1.52. The van der Waals surface area contributed by atoms with Crippen LogP contribution >= 0.6 is 27.3 Å². The third-order valence-corrected chi connectivity index (χ3v) is 8.48. The molecule has 36 heavy (non-hydrogen) atoms. The summed E-state index contributed by atoms with van der Waals surface area (Å²) in [7, 11) is -4.00. The van der Waals surface area contributed by atoms with E-state index in [1.807, 2.05) is 24.3 Å². The fourth-order valence-electron chi connectivity index (χ4n) is 3.69. The van der Waals surface area contributed by atoms with E-state index in [1.54, 1.807) is 11.4 Å². The fraction of sp³-hybridized carbons (Fsp3) is 0.0400. The minimum Gasteiger partial charge on any atom is -0.452 e. The molecule has 0 atom stereocenters. The number of anilines is 1. The number of ketones is 1. The number of esters is 1. The summed E-state index contributed by atoms with van der Waals surface area (Å²) in [6, 6.07) is 17.1. The molecule has 0 spiro atoms. The van der Waals surface area contributed by atoms with Gasteiger partial charge in [0.1, 0.15) is 0 Å². The van der Waals surface area contributed by atoms with Crippen molar-refractivity contribution >= 4 is 59.9 Å². The molecule has 1 N–H and O–H groups in total. The number of fused-ring (bicyclic) bond motifs is 2. The van der Waals surface area contributed by atoms with E-state index in [9.17, 15) is 22.8 Å². The van der Waals surface area contributed by atoms with E-state index in [0.29, 0.717) is 10.8 Å². The maximum atomic E-state index is 13.0. The first-order valence-electron chi connectivity index (χ1n) is 10.5. The molecule has 2 heterocycles. The second-order valence-corrected chi connectivity index (χ2v) is 11.4. The molecule has 180 valence electrons. The lowest BCUT2D eigenvalue weighted by Gasteiger charge is -2.19. The molecule has 8 nitrogen and oxygen atoms in total. The van der Waals surface area contributed by atoms with Gasteiger partial charge in [-0.05, 0) is 42.5 Å². The van der Waals surface area contributed by atoms with Gasteiger partial charge in [0.25, 0.3) is 5.91 Å². The van der Waals surface area contributed by atoms with Crippen molar-refractivity contribution in [3.8, 4) is 11.3 Å². The Morgan fingerprint density at radius 3 is 2.56 bits per heavy atom. The predicted octanol–water partition coefficient (Wildman–Crippen LogP) is 4.75. The number of hydrogen-bond acceptors (Lipinski definition) is 8. The number of amides is 1. The Bertz CT molecular complexity index is 1660. The molecule has 3 aromatic carbocycles. The number of carbonyl (C=O) groups excluding carboxylic acids is 3. The van der Waals surface area contributed by atoms with Crippen molar-refractivity contribution in [3.63, 3.8) is 0 Å². The van der Waals surface area contributed by atoms with E-state index in [1.165, 1.54) is 41.7 Å². The van der Waals surface area contributed by atoms with Crippen LogP contribution < -0.4 is 5.32 Å². The minimum absolute atomic E-state index is 0.0204. The van der Waals surface area contributed by atoms with E-state index in [2.05, 4.69) is 26.2 Å². The van der Waals surface area contributed by atoms with Crippen molar-refractivity contribution in [3.05, 3.63) is 93.3 Å². The number of sulfone groups is 1. The van der Waals surface area contributed by atoms with E-state index in [-0.39, 0.29) is 26.5 Å². The topological polar surface area (TPSA) is 120 Å². The zero-order valence-electron chi connectivity index (χ0n) is 18.2. The Hall–Kier alpha value is -3.67. The summed E-state index contributed by atoms with van der Waals surface area (Å²) in [4.78, 5) is 41.6. The Balaban J connectivity index is 1.27. The Labute approximate surface area is 218 Å². The van der Waals surface area contributed by atoms with Crippen LogP contribution in [0, 0.1) is 0 Å². The van der Waals surface area contributed by atoms with Gasteiger partial charge in [-0.3, -0.25) is 14.9 Å². The van der Waals surface area contributed by atoms with E-state index >= 15 is 0 Å². The van der Waals surface area contributed by atoms with Crippen LogP contribution in [-0.4, -0.2) is 37.7 Å². The van der Waals surface area contributed by atoms with Crippen LogP contribution in [-0.2, 0) is 19.4 Å². The second-order valence-electron chi connectivity index (χ2n) is 7.71. The molecule has 0 saturated heterocycles. The number of rotatable bonds is 5. The zero-order chi connectivity index (χ0) is 25.4. The van der Waals surface area contributed by atoms with E-state index in [0.717, 1.165) is 16.1 Å². The molecule has 0 aliphatic carbocycles. The van der Waals surface area contributed by atoms with Crippen molar-refractivity contribution in [2.24, 2.45) is 0 Å². The third kappa shape index (κ3) is 4.48. The molecule has 0 saturated carbocycles. The lowest BCUT2D eigenvalue weighted by Crippen LogP contribution is -2.22. The van der Waals surface area contributed by atoms with E-state index < -0.39 is 34.1 Å². The van der Waals surface area contributed by atoms with Crippen LogP contribution in [0.4, 0.5) is 5.13 Å². The number of thiazole rings is 1. The lowest BCUT2D eigenvalue weighted by atomic mass is 10.0. The van der Waals surface area contributed by atoms with Crippen LogP contribution in [0.2, 0.25) is 0 Å². The van der Waals surface area contributed by atoms with Gasteiger partial charge < -0.3 is 4.74 Å². The maximum Gasteiger partial charge on any atom is 0.338 e. The van der Waals surface area contributed by atoms with Crippen molar-refractivity contribution in [1.82, 2.24) is 4.98 Å². The van der Waals surface area contributed by atoms with Crippen molar-refractivity contribution in [2.45, 2.75) is 9.79 Å². The first-order chi connectivity index (χ1) is 17.2. The smallest absolute Gasteiger partial charge is 0.338 e. The van der Waals surface area contributed by atoms with Gasteiger partial charge in [-0.2, -0.15) is 0 Å². The fourth-order valence-corrected chi connectivity index (χ4v) is 6.51. The van der Waals surface area contributed by atoms with Gasteiger partial charge in [-0.25, -0.2) is 18.2 Å². The van der Waals surface area contributed by atoms with Crippen LogP contribution in [0.15, 0.2) is 86.4 Å². The first-order valence-corrected chi connectivity index (χ1v) is 13.6. The van der Waals surface area contributed by atoms with Gasteiger partial charge in [0.15, 0.2) is 17.5 Å². The SMILES string of the molecule is O=C(COC(=O)c1ccc2c(c1)S(=O)(=O)c1ccccc1C2=O)Nc1nc(-c2cccc(Br)c2)cs1. The van der Waals surface area contributed by atoms with Crippen molar-refractivity contribution in [1.29, 1.82) is 0 Å². The number of hydrogen-bond donors (Lipinski definition) is 1. The molecule has 0 bridgehead atoms. The van der Waals surface area contributed by atoms with Gasteiger partial charge in [0.2, 0.25) is 9.84 Å². The average Bonchev–Trinajstić information content (AvgIpc) is 3.34. The highest BCUT2D eigenvalue weighted by molar-refractivity contribution is 9.10. The number of carbonyl (C=O) groups is 3. The maximum absolute atomic E-state index is 13.0. The lowest BCUT2D eigenvalue weighted by molar-refractivity contribution is -0.119. The quantitative estimate of drug-likeness (QED) is 0.297. The Kier molecular flexibility index (Phi) is 6.29. The summed E-state index contributed by atoms with van der Waals surface area (Å²) >= 11 is 4.63. The van der Waals surface area contributed by atoms with Crippen molar-refractivity contribution < 1.29 is 27.5 Å². The van der Waals surface area contributed by atoms with Crippen LogP contribution in [0.5, 0.6) is 0 Å². The number of nitrogens with zero attached hydrogens (tertiary/aromatic N) is 1. The second kappa shape index (κ2) is 9.41. The normalized spacial score (nSPS) is 13.4. The molecule has 11 heteroatoms. The minimum atomic E-state index is -4.00. The highest BCUT2D eigenvalue weighted by Gasteiger charge is 2.35. The molecular weight excluding hydrogens is 568 g/mol. The van der Waals surface area contributed by atoms with Gasteiger partial charge >= 0.3 is 5.97 Å². The number of ether oxygens (including phenoxy) is 1. The largest absolute Gasteiger partial charge is 0.452 e. The molecular formula is C25H15BrN2O6S2. The number of nitrogens with one attached hydrogen (secondary N) is 1. The average molecular weight is 583 g/mol. The molecule has 1 amide bonds. The molecule has 1 aliphatic rings. The summed E-state index contributed by atoms with van der Waals surface area (Å²) < 4.78 is 32.0. The monoisotopic (exact) mass is 582 g/mol. The number of benzene rings is 3. The molecule has 0 radical (unpaired) electrons. The third-order valence-electron chi connectivity index (χ3n) is 5.38. The zero-order valence-corrected chi connectivity index (χ0v) is 21.4. The van der Waals surface area contributed by atoms with Gasteiger partial charge in [0.05, 0.1) is 21.0 Å². The summed E-state index contributed by atoms with van der Waals surface area (Å²) in [6.45, 7) is -0.601. The van der Waals surface area contributed by atoms with Gasteiger partial charge in [0, 0.05) is 26.5 Å². The summed E-state index contributed by atoms with van der Waals surface area (Å²) in [5.74, 6) is -1.95. The molecule has 0 fully saturated rings. The molecule has 5 rings (SSSR count). The predicted molar refractivity (Wildman–Crippen MR) is 136 cm³/mol. The standard InChI is InChI=1S/C25H15BrN2O6S2/c26-16-5-3-4-14(10-16)19-13-35-25(27-19)28-22(29)12-34-24(31)15-8-9-18-21(11-15)36(32,33)20-7-2-1-6-17(20)23(18)30/h1-11,13H,12H2,(H,27,28,29). The molecule has 1 aliphatic heterocycles. The number of halogens is 1. The van der Waals surface area contributed by atoms with Crippen molar-refractivity contribution in [2.75, 3.05) is 11.9 Å². The van der Waals surface area contributed by atoms with E-state index in [4.69, 9.17) is 4.74 Å². The molecule has 4 aromatic rings. The molecule has 0 unspecified atom stereocenters. The van der Waals surface area contributed by atoms with Gasteiger partial charge in [-0.15, -0.1) is 11.3 Å². The number of aromatic nitrogens is 1. The van der Waals surface area contributed by atoms with Gasteiger partial charge in [-0.1, -0.05) is 40.2 Å². The molecule has 1 aromatic heterocycles. The highest BCUT2D eigenvalue weighted by Crippen LogP contribution is 2.35. The van der Waals surface area contributed by atoms with Crippen LogP contribution in [0.1, 0.15) is 26.3 Å². The van der Waals surface area contributed by atoms with Crippen LogP contribution in [0.25, 0.3) is 11.3 Å². The Morgan fingerprint density at radius 2 is 1.75 bits per heavy atom. The highest BCUT2D eigenvalue weighted by atomic mass is 79.9. The van der Waals surface area contributed by atoms with Crippen LogP contribution in [0.3, 0.4) is 0 Å². The summed E-state index contributed by atoms with van der Waals surface area (Å²) in [6.07, 6.45) is 0. The Morgan fingerprint density at radius 1 is 0.972 bits per heavy atom. The first kappa shape index (κ1) is 24.0.